The van der Waals surface area contributed by atoms with Crippen molar-refractivity contribution in [3.05, 3.63) is 59.0 Å². The van der Waals surface area contributed by atoms with Gasteiger partial charge in [-0.25, -0.2) is 8.42 Å². The van der Waals surface area contributed by atoms with Gasteiger partial charge in [0.25, 0.3) is 5.91 Å². The van der Waals surface area contributed by atoms with Crippen LogP contribution in [-0.4, -0.2) is 41.9 Å². The van der Waals surface area contributed by atoms with Gasteiger partial charge >= 0.3 is 0 Å². The molecule has 1 fully saturated rings. The van der Waals surface area contributed by atoms with E-state index in [-0.39, 0.29) is 10.8 Å². The third-order valence-electron chi connectivity index (χ3n) is 6.34. The number of aryl methyl sites for hydroxylation is 2. The van der Waals surface area contributed by atoms with Crippen LogP contribution in [0.2, 0.25) is 0 Å². The van der Waals surface area contributed by atoms with Gasteiger partial charge in [-0.3, -0.25) is 4.79 Å². The summed E-state index contributed by atoms with van der Waals surface area (Å²) in [6.07, 6.45) is 2.92. The Balaban J connectivity index is 1.64. The number of sulfonamides is 1. The van der Waals surface area contributed by atoms with Crippen LogP contribution in [-0.2, 0) is 10.0 Å². The first-order valence-corrected chi connectivity index (χ1v) is 12.4. The van der Waals surface area contributed by atoms with Crippen LogP contribution in [0.25, 0.3) is 11.5 Å². The minimum atomic E-state index is -3.69. The highest BCUT2D eigenvalue weighted by atomic mass is 32.2. The van der Waals surface area contributed by atoms with E-state index >= 15 is 0 Å². The van der Waals surface area contributed by atoms with Crippen molar-refractivity contribution in [3.63, 3.8) is 0 Å². The van der Waals surface area contributed by atoms with Gasteiger partial charge in [-0.1, -0.05) is 13.0 Å². The van der Waals surface area contributed by atoms with E-state index in [1.165, 1.54) is 16.8 Å². The number of anilines is 1. The highest BCUT2D eigenvalue weighted by Gasteiger charge is 2.30. The Labute approximate surface area is 194 Å². The molecule has 1 saturated heterocycles. The van der Waals surface area contributed by atoms with Crippen LogP contribution in [0.3, 0.4) is 0 Å². The molecule has 0 atom stereocenters. The molecule has 1 amide bonds. The van der Waals surface area contributed by atoms with Crippen molar-refractivity contribution in [1.29, 1.82) is 0 Å². The number of nitrogens with one attached hydrogen (secondary N) is 1. The maximum Gasteiger partial charge on any atom is 0.255 e. The maximum atomic E-state index is 13.4. The number of benzene rings is 2. The normalized spacial score (nSPS) is 15.5. The number of piperidine rings is 1. The number of hydrogen-bond donors (Lipinski definition) is 1. The molecule has 0 unspecified atom stereocenters. The van der Waals surface area contributed by atoms with Crippen molar-refractivity contribution >= 4 is 21.6 Å². The Morgan fingerprint density at radius 3 is 2.48 bits per heavy atom. The molecule has 1 N–H and O–H groups in total. The van der Waals surface area contributed by atoms with E-state index in [4.69, 9.17) is 4.42 Å². The van der Waals surface area contributed by atoms with Gasteiger partial charge in [-0.2, -0.15) is 4.31 Å². The summed E-state index contributed by atoms with van der Waals surface area (Å²) in [7, 11) is -3.69. The number of hydrogen-bond acceptors (Lipinski definition) is 6. The summed E-state index contributed by atoms with van der Waals surface area (Å²) < 4.78 is 33.6. The fourth-order valence-corrected chi connectivity index (χ4v) is 5.77. The van der Waals surface area contributed by atoms with Gasteiger partial charge in [0.05, 0.1) is 4.90 Å². The van der Waals surface area contributed by atoms with E-state index in [2.05, 4.69) is 22.4 Å². The number of carbonyl (C=O) groups excluding carboxylic acids is 1. The summed E-state index contributed by atoms with van der Waals surface area (Å²) in [5.41, 5.74) is 3.83. The molecule has 174 valence electrons. The largest absolute Gasteiger partial charge is 0.423 e. The van der Waals surface area contributed by atoms with Crippen LogP contribution in [0.1, 0.15) is 46.8 Å². The zero-order valence-corrected chi connectivity index (χ0v) is 20.1. The summed E-state index contributed by atoms with van der Waals surface area (Å²) in [5.74, 6) is 0.482. The average Bonchev–Trinajstić information content (AvgIpc) is 3.32. The van der Waals surface area contributed by atoms with E-state index in [9.17, 15) is 13.2 Å². The zero-order valence-electron chi connectivity index (χ0n) is 19.3. The van der Waals surface area contributed by atoms with Gasteiger partial charge in [0.15, 0.2) is 0 Å². The average molecular weight is 469 g/mol. The summed E-state index contributed by atoms with van der Waals surface area (Å²) >= 11 is 0. The van der Waals surface area contributed by atoms with E-state index in [0.29, 0.717) is 47.3 Å². The Bertz CT molecular complexity index is 1280. The van der Waals surface area contributed by atoms with Crippen molar-refractivity contribution in [2.24, 2.45) is 5.92 Å². The van der Waals surface area contributed by atoms with Crippen LogP contribution < -0.4 is 5.32 Å². The third-order valence-corrected chi connectivity index (χ3v) is 8.36. The van der Waals surface area contributed by atoms with E-state index in [0.717, 1.165) is 24.0 Å². The second kappa shape index (κ2) is 9.07. The third kappa shape index (κ3) is 4.69. The Kier molecular flexibility index (Phi) is 6.36. The van der Waals surface area contributed by atoms with Crippen LogP contribution in [0, 0.1) is 26.7 Å². The van der Waals surface area contributed by atoms with Crippen LogP contribution in [0.5, 0.6) is 0 Å². The molecule has 2 aromatic carbocycles. The second-order valence-electron chi connectivity index (χ2n) is 8.73. The molecule has 1 aliphatic rings. The first-order valence-electron chi connectivity index (χ1n) is 11.0. The lowest BCUT2D eigenvalue weighted by Gasteiger charge is -2.30. The molecule has 0 saturated carbocycles. The van der Waals surface area contributed by atoms with Crippen LogP contribution in [0.15, 0.2) is 46.0 Å². The van der Waals surface area contributed by atoms with E-state index in [1.54, 1.807) is 19.1 Å². The summed E-state index contributed by atoms with van der Waals surface area (Å²) in [4.78, 5) is 13.3. The van der Waals surface area contributed by atoms with E-state index in [1.807, 2.05) is 26.0 Å². The van der Waals surface area contributed by atoms with Gasteiger partial charge in [-0.15, -0.1) is 10.2 Å². The number of nitrogens with zero attached hydrogens (tertiary/aromatic N) is 3. The molecular formula is C24H28N4O4S. The SMILES string of the molecule is Cc1ccc(-c2nnco2)cc1NC(=O)c1cc(C)c(C)c(S(=O)(=O)N2CCC(C)CC2)c1. The predicted octanol–water partition coefficient (Wildman–Crippen LogP) is 4.33. The summed E-state index contributed by atoms with van der Waals surface area (Å²) in [6.45, 7) is 8.63. The van der Waals surface area contributed by atoms with E-state index < -0.39 is 10.0 Å². The highest BCUT2D eigenvalue weighted by Crippen LogP contribution is 2.29. The molecule has 9 heteroatoms. The van der Waals surface area contributed by atoms with Crippen molar-refractivity contribution in [1.82, 2.24) is 14.5 Å². The van der Waals surface area contributed by atoms with Gasteiger partial charge in [0, 0.05) is 29.9 Å². The maximum absolute atomic E-state index is 13.4. The van der Waals surface area contributed by atoms with Gasteiger partial charge < -0.3 is 9.73 Å². The molecule has 8 nitrogen and oxygen atoms in total. The quantitative estimate of drug-likeness (QED) is 0.597. The van der Waals surface area contributed by atoms with Gasteiger partial charge in [0.2, 0.25) is 22.3 Å². The molecule has 33 heavy (non-hydrogen) atoms. The predicted molar refractivity (Wildman–Crippen MR) is 125 cm³/mol. The fourth-order valence-electron chi connectivity index (χ4n) is 3.97. The van der Waals surface area contributed by atoms with Crippen molar-refractivity contribution in [2.75, 3.05) is 18.4 Å². The zero-order chi connectivity index (χ0) is 23.8. The monoisotopic (exact) mass is 468 g/mol. The minimum Gasteiger partial charge on any atom is -0.423 e. The smallest absolute Gasteiger partial charge is 0.255 e. The van der Waals surface area contributed by atoms with Crippen molar-refractivity contribution < 1.29 is 17.6 Å². The first-order chi connectivity index (χ1) is 15.7. The number of amides is 1. The first kappa shape index (κ1) is 23.1. The van der Waals surface area contributed by atoms with Crippen LogP contribution >= 0.6 is 0 Å². The molecule has 1 aromatic heterocycles. The molecule has 0 bridgehead atoms. The molecule has 3 aromatic rings. The summed E-state index contributed by atoms with van der Waals surface area (Å²) in [5, 5.41) is 10.5. The van der Waals surface area contributed by atoms with Crippen molar-refractivity contribution in [3.8, 4) is 11.5 Å². The molecule has 0 spiro atoms. The standard InChI is InChI=1S/C24H28N4O4S/c1-15-7-9-28(10-8-15)33(30,31)22-13-20(11-17(3)18(22)4)23(29)26-21-12-19(6-5-16(21)2)24-27-25-14-32-24/h5-6,11-15H,7-10H2,1-4H3,(H,26,29). The van der Waals surface area contributed by atoms with Gasteiger partial charge in [-0.05, 0) is 80.5 Å². The highest BCUT2D eigenvalue weighted by molar-refractivity contribution is 7.89. The lowest BCUT2D eigenvalue weighted by atomic mass is 10.0. The Morgan fingerprint density at radius 1 is 1.09 bits per heavy atom. The van der Waals surface area contributed by atoms with Crippen LogP contribution in [0.4, 0.5) is 5.69 Å². The fraction of sp³-hybridized carbons (Fsp3) is 0.375. The lowest BCUT2D eigenvalue weighted by molar-refractivity contribution is 0.102. The molecular weight excluding hydrogens is 440 g/mol. The molecule has 0 aliphatic carbocycles. The minimum absolute atomic E-state index is 0.193. The topological polar surface area (TPSA) is 105 Å². The number of carbonyl (C=O) groups is 1. The Hall–Kier alpha value is -3.04. The second-order valence-corrected chi connectivity index (χ2v) is 10.6. The Morgan fingerprint density at radius 2 is 1.82 bits per heavy atom. The molecule has 2 heterocycles. The molecule has 0 radical (unpaired) electrons. The number of rotatable bonds is 5. The van der Waals surface area contributed by atoms with Gasteiger partial charge in [0.1, 0.15) is 0 Å². The number of aromatic nitrogens is 2. The molecule has 1 aliphatic heterocycles. The van der Waals surface area contributed by atoms with Crippen molar-refractivity contribution in [2.45, 2.75) is 45.4 Å². The summed E-state index contributed by atoms with van der Waals surface area (Å²) in [6, 6.07) is 8.65. The molecule has 4 rings (SSSR count). The lowest BCUT2D eigenvalue weighted by Crippen LogP contribution is -2.38.